The van der Waals surface area contributed by atoms with Crippen LogP contribution in [0.5, 0.6) is 5.75 Å². The molecule has 1 heterocycles. The van der Waals surface area contributed by atoms with E-state index in [0.29, 0.717) is 27.7 Å². The van der Waals surface area contributed by atoms with Gasteiger partial charge in [-0.15, -0.1) is 0 Å². The third kappa shape index (κ3) is 2.94. The molecule has 0 saturated carbocycles. The van der Waals surface area contributed by atoms with Gasteiger partial charge in [-0.3, -0.25) is 9.89 Å². The van der Waals surface area contributed by atoms with Crippen LogP contribution in [0.3, 0.4) is 0 Å². The van der Waals surface area contributed by atoms with Crippen molar-refractivity contribution < 1.29 is 9.90 Å². The molecule has 3 aromatic rings. The van der Waals surface area contributed by atoms with Crippen LogP contribution in [0, 0.1) is 0 Å². The maximum Gasteiger partial charge on any atom is 0.273 e. The summed E-state index contributed by atoms with van der Waals surface area (Å²) < 4.78 is 0. The minimum absolute atomic E-state index is 0.110. The van der Waals surface area contributed by atoms with Gasteiger partial charge in [0, 0.05) is 16.3 Å². The molecule has 1 amide bonds. The molecule has 0 fully saturated rings. The van der Waals surface area contributed by atoms with Crippen LogP contribution in [0.25, 0.3) is 11.3 Å². The zero-order chi connectivity index (χ0) is 15.5. The van der Waals surface area contributed by atoms with Crippen molar-refractivity contribution in [2.45, 2.75) is 0 Å². The van der Waals surface area contributed by atoms with Crippen molar-refractivity contribution >= 4 is 23.2 Å². The summed E-state index contributed by atoms with van der Waals surface area (Å²) in [5.74, 6) is -0.213. The van der Waals surface area contributed by atoms with Crippen LogP contribution >= 0.6 is 11.6 Å². The SMILES string of the molecule is O=C(Nc1ccc(Cl)cc1)c1cc(-c2ccccc2O)n[nH]1. The highest BCUT2D eigenvalue weighted by molar-refractivity contribution is 6.30. The summed E-state index contributed by atoms with van der Waals surface area (Å²) >= 11 is 5.80. The number of para-hydroxylation sites is 1. The number of rotatable bonds is 3. The molecular formula is C16H12ClN3O2. The summed E-state index contributed by atoms with van der Waals surface area (Å²) in [5, 5.41) is 19.9. The Hall–Kier alpha value is -2.79. The Bertz CT molecular complexity index is 812. The molecule has 0 bridgehead atoms. The van der Waals surface area contributed by atoms with Crippen LogP contribution in [0.2, 0.25) is 5.02 Å². The summed E-state index contributed by atoms with van der Waals surface area (Å²) in [5.41, 5.74) is 1.99. The highest BCUT2D eigenvalue weighted by Crippen LogP contribution is 2.27. The van der Waals surface area contributed by atoms with Crippen LogP contribution < -0.4 is 5.32 Å². The highest BCUT2D eigenvalue weighted by Gasteiger charge is 2.13. The number of carbonyl (C=O) groups is 1. The first-order valence-electron chi connectivity index (χ1n) is 6.54. The van der Waals surface area contributed by atoms with Gasteiger partial charge in [0.1, 0.15) is 11.4 Å². The number of aromatic nitrogens is 2. The number of hydrogen-bond donors (Lipinski definition) is 3. The third-order valence-corrected chi connectivity index (χ3v) is 3.36. The van der Waals surface area contributed by atoms with Crippen LogP contribution in [-0.2, 0) is 0 Å². The van der Waals surface area contributed by atoms with Gasteiger partial charge in [0.15, 0.2) is 0 Å². The van der Waals surface area contributed by atoms with Gasteiger partial charge in [-0.05, 0) is 42.5 Å². The number of nitrogens with one attached hydrogen (secondary N) is 2. The first-order valence-corrected chi connectivity index (χ1v) is 6.92. The molecule has 0 saturated heterocycles. The monoisotopic (exact) mass is 313 g/mol. The number of halogens is 1. The minimum atomic E-state index is -0.323. The fourth-order valence-electron chi connectivity index (χ4n) is 2.00. The van der Waals surface area contributed by atoms with E-state index in [-0.39, 0.29) is 11.7 Å². The summed E-state index contributed by atoms with van der Waals surface area (Å²) in [6.07, 6.45) is 0. The van der Waals surface area contributed by atoms with Crippen molar-refractivity contribution in [3.63, 3.8) is 0 Å². The van der Waals surface area contributed by atoms with Crippen molar-refractivity contribution in [3.05, 3.63) is 65.3 Å². The molecule has 110 valence electrons. The lowest BCUT2D eigenvalue weighted by atomic mass is 10.1. The van der Waals surface area contributed by atoms with Crippen molar-refractivity contribution in [2.24, 2.45) is 0 Å². The van der Waals surface area contributed by atoms with E-state index in [1.165, 1.54) is 0 Å². The predicted octanol–water partition coefficient (Wildman–Crippen LogP) is 3.69. The molecule has 3 rings (SSSR count). The fraction of sp³-hybridized carbons (Fsp3) is 0. The van der Waals surface area contributed by atoms with Crippen molar-refractivity contribution in [1.29, 1.82) is 0 Å². The number of aromatic hydroxyl groups is 1. The number of benzene rings is 2. The van der Waals surface area contributed by atoms with E-state index in [0.717, 1.165) is 0 Å². The molecular weight excluding hydrogens is 302 g/mol. The maximum absolute atomic E-state index is 12.2. The van der Waals surface area contributed by atoms with E-state index in [2.05, 4.69) is 15.5 Å². The summed E-state index contributed by atoms with van der Waals surface area (Å²) in [7, 11) is 0. The second-order valence-corrected chi connectivity index (χ2v) is 5.08. The number of phenolic OH excluding ortho intramolecular Hbond substituents is 1. The molecule has 0 unspecified atom stereocenters. The Labute approximate surface area is 131 Å². The van der Waals surface area contributed by atoms with Gasteiger partial charge >= 0.3 is 0 Å². The molecule has 2 aromatic carbocycles. The van der Waals surface area contributed by atoms with Gasteiger partial charge < -0.3 is 10.4 Å². The lowest BCUT2D eigenvalue weighted by Gasteiger charge is -2.02. The predicted molar refractivity (Wildman–Crippen MR) is 85.1 cm³/mol. The molecule has 1 aromatic heterocycles. The lowest BCUT2D eigenvalue weighted by Crippen LogP contribution is -2.12. The first kappa shape index (κ1) is 14.2. The number of aromatic amines is 1. The zero-order valence-corrected chi connectivity index (χ0v) is 12.1. The van der Waals surface area contributed by atoms with E-state index in [1.807, 2.05) is 0 Å². The fourth-order valence-corrected chi connectivity index (χ4v) is 2.12. The van der Waals surface area contributed by atoms with Crippen molar-refractivity contribution in [1.82, 2.24) is 10.2 Å². The Morgan fingerprint density at radius 3 is 2.59 bits per heavy atom. The number of hydrogen-bond acceptors (Lipinski definition) is 3. The average molecular weight is 314 g/mol. The lowest BCUT2D eigenvalue weighted by molar-refractivity contribution is 0.102. The quantitative estimate of drug-likeness (QED) is 0.690. The Morgan fingerprint density at radius 1 is 1.14 bits per heavy atom. The third-order valence-electron chi connectivity index (χ3n) is 3.10. The number of H-pyrrole nitrogens is 1. The van der Waals surface area contributed by atoms with Crippen LogP contribution in [0.15, 0.2) is 54.6 Å². The second-order valence-electron chi connectivity index (χ2n) is 4.65. The maximum atomic E-state index is 12.2. The average Bonchev–Trinajstić information content (AvgIpc) is 3.00. The largest absolute Gasteiger partial charge is 0.507 e. The molecule has 0 radical (unpaired) electrons. The number of phenols is 1. The van der Waals surface area contributed by atoms with Gasteiger partial charge in [-0.25, -0.2) is 0 Å². The molecule has 3 N–H and O–H groups in total. The first-order chi connectivity index (χ1) is 10.6. The minimum Gasteiger partial charge on any atom is -0.507 e. The number of nitrogens with zero attached hydrogens (tertiary/aromatic N) is 1. The highest BCUT2D eigenvalue weighted by atomic mass is 35.5. The number of anilines is 1. The number of carbonyl (C=O) groups excluding carboxylic acids is 1. The van der Waals surface area contributed by atoms with E-state index in [4.69, 9.17) is 11.6 Å². The molecule has 0 spiro atoms. The van der Waals surface area contributed by atoms with Crippen molar-refractivity contribution in [3.8, 4) is 17.0 Å². The van der Waals surface area contributed by atoms with E-state index < -0.39 is 0 Å². The van der Waals surface area contributed by atoms with Crippen molar-refractivity contribution in [2.75, 3.05) is 5.32 Å². The van der Waals surface area contributed by atoms with Gasteiger partial charge in [-0.1, -0.05) is 23.7 Å². The molecule has 0 atom stereocenters. The van der Waals surface area contributed by atoms with Gasteiger partial charge in [-0.2, -0.15) is 5.10 Å². The Balaban J connectivity index is 1.80. The zero-order valence-electron chi connectivity index (χ0n) is 11.4. The van der Waals surface area contributed by atoms with E-state index >= 15 is 0 Å². The van der Waals surface area contributed by atoms with E-state index in [9.17, 15) is 9.90 Å². The van der Waals surface area contributed by atoms with Crippen LogP contribution in [0.1, 0.15) is 10.5 Å². The van der Waals surface area contributed by atoms with Crippen LogP contribution in [-0.4, -0.2) is 21.2 Å². The van der Waals surface area contributed by atoms with E-state index in [1.54, 1.807) is 54.6 Å². The topological polar surface area (TPSA) is 78.0 Å². The summed E-state index contributed by atoms with van der Waals surface area (Å²) in [6, 6.07) is 15.2. The van der Waals surface area contributed by atoms with Gasteiger partial charge in [0.2, 0.25) is 0 Å². The summed E-state index contributed by atoms with van der Waals surface area (Å²) in [6.45, 7) is 0. The molecule has 0 aliphatic carbocycles. The number of amides is 1. The summed E-state index contributed by atoms with van der Waals surface area (Å²) in [4.78, 5) is 12.2. The molecule has 22 heavy (non-hydrogen) atoms. The Kier molecular flexibility index (Phi) is 3.80. The standard InChI is InChI=1S/C16H12ClN3O2/c17-10-5-7-11(8-6-10)18-16(22)14-9-13(19-20-14)12-3-1-2-4-15(12)21/h1-9,21H,(H,18,22)(H,19,20). The molecule has 5 nitrogen and oxygen atoms in total. The molecule has 0 aliphatic rings. The molecule has 0 aliphatic heterocycles. The normalized spacial score (nSPS) is 10.4. The van der Waals surface area contributed by atoms with Crippen LogP contribution in [0.4, 0.5) is 5.69 Å². The smallest absolute Gasteiger partial charge is 0.273 e. The molecule has 6 heteroatoms. The second kappa shape index (κ2) is 5.91. The Morgan fingerprint density at radius 2 is 1.86 bits per heavy atom. The van der Waals surface area contributed by atoms with Gasteiger partial charge in [0.05, 0.1) is 5.69 Å². The van der Waals surface area contributed by atoms with Gasteiger partial charge in [0.25, 0.3) is 5.91 Å².